The Balaban J connectivity index is 1.73. The summed E-state index contributed by atoms with van der Waals surface area (Å²) in [6, 6.07) is 0. The molecule has 4 aliphatic carbocycles. The Morgan fingerprint density at radius 1 is 1.28 bits per heavy atom. The molecule has 0 aromatic carbocycles. The monoisotopic (exact) mass is 474 g/mol. The molecule has 180 valence electrons. The van der Waals surface area contributed by atoms with Gasteiger partial charge in [-0.15, -0.1) is 0 Å². The third kappa shape index (κ3) is 3.01. The highest BCUT2D eigenvalue weighted by atomic mass is 31.2. The molecule has 0 spiro atoms. The summed E-state index contributed by atoms with van der Waals surface area (Å²) in [7, 11) is -4.92. The molecule has 4 N–H and O–H groups in total. The van der Waals surface area contributed by atoms with Gasteiger partial charge < -0.3 is 20.0 Å². The van der Waals surface area contributed by atoms with Crippen molar-refractivity contribution in [1.29, 1.82) is 0 Å². The molecule has 0 heterocycles. The number of carbonyl (C=O) groups excluding carboxylic acids is 2. The van der Waals surface area contributed by atoms with Gasteiger partial charge in [0.05, 0.1) is 6.10 Å². The molecule has 3 saturated carbocycles. The summed E-state index contributed by atoms with van der Waals surface area (Å²) in [6.45, 7) is 4.13. The smallest absolute Gasteiger partial charge is 0.390 e. The number of aliphatic hydroxyl groups is 2. The Morgan fingerprint density at radius 3 is 2.56 bits per heavy atom. The Kier molecular flexibility index (Phi) is 5.49. The number of alkyl halides is 1. The number of rotatable bonds is 4. The average Bonchev–Trinajstić information content (AvgIpc) is 2.89. The first kappa shape index (κ1) is 24.2. The van der Waals surface area contributed by atoms with Crippen LogP contribution in [0.5, 0.6) is 0 Å². The molecule has 0 aromatic rings. The van der Waals surface area contributed by atoms with E-state index in [0.29, 0.717) is 25.7 Å². The van der Waals surface area contributed by atoms with Crippen LogP contribution in [0.1, 0.15) is 59.3 Å². The van der Waals surface area contributed by atoms with Crippen LogP contribution in [0.3, 0.4) is 0 Å². The van der Waals surface area contributed by atoms with E-state index in [4.69, 9.17) is 9.79 Å². The topological polar surface area (TPSA) is 141 Å². The normalized spacial score (nSPS) is 48.5. The van der Waals surface area contributed by atoms with Crippen LogP contribution in [0.15, 0.2) is 11.6 Å². The third-order valence-electron chi connectivity index (χ3n) is 9.41. The van der Waals surface area contributed by atoms with Crippen LogP contribution in [-0.2, 0) is 18.7 Å². The zero-order valence-electron chi connectivity index (χ0n) is 18.6. The van der Waals surface area contributed by atoms with E-state index in [1.54, 1.807) is 20.8 Å². The molecule has 0 bridgehead atoms. The molecule has 0 saturated heterocycles. The van der Waals surface area contributed by atoms with Gasteiger partial charge in [0, 0.05) is 23.2 Å². The summed E-state index contributed by atoms with van der Waals surface area (Å²) in [5.41, 5.74) is -5.49. The maximum absolute atomic E-state index is 17.1. The first-order valence-electron chi connectivity index (χ1n) is 11.2. The summed E-state index contributed by atoms with van der Waals surface area (Å²) in [5.74, 6) is -2.57. The number of ketones is 2. The maximum atomic E-state index is 17.1. The molecular formula is C22H32FO8P. The SMILES string of the molecule is C[C@@H]1C[C@H]2[C@@H]3CCC4=CC(=O)CC[C@]4(C)[C@@]3(F)[C@H](O)C[C@]2(C)[C@@]1(O)C(=O)COP(=O)(O)O. The molecule has 4 rings (SSSR count). The van der Waals surface area contributed by atoms with Gasteiger partial charge in [-0.25, -0.2) is 8.96 Å². The van der Waals surface area contributed by atoms with Crippen molar-refractivity contribution in [2.75, 3.05) is 6.61 Å². The summed E-state index contributed by atoms with van der Waals surface area (Å²) < 4.78 is 32.5. The highest BCUT2D eigenvalue weighted by Crippen LogP contribution is 2.71. The Bertz CT molecular complexity index is 931. The van der Waals surface area contributed by atoms with Crippen LogP contribution in [-0.4, -0.2) is 55.5 Å². The van der Waals surface area contributed by atoms with Crippen LogP contribution in [0.2, 0.25) is 0 Å². The lowest BCUT2D eigenvalue weighted by molar-refractivity contribution is -0.228. The van der Waals surface area contributed by atoms with E-state index in [9.17, 15) is 24.4 Å². The molecule has 0 amide bonds. The Labute approximate surface area is 186 Å². The van der Waals surface area contributed by atoms with Crippen molar-refractivity contribution in [2.45, 2.75) is 76.7 Å². The molecule has 3 fully saturated rings. The van der Waals surface area contributed by atoms with Crippen LogP contribution < -0.4 is 0 Å². The second-order valence-corrected chi connectivity index (χ2v) is 12.0. The van der Waals surface area contributed by atoms with E-state index in [2.05, 4.69) is 4.52 Å². The van der Waals surface area contributed by atoms with Crippen molar-refractivity contribution in [3.8, 4) is 0 Å². The van der Waals surface area contributed by atoms with Crippen LogP contribution in [0, 0.1) is 28.6 Å². The predicted octanol–water partition coefficient (Wildman–Crippen LogP) is 2.24. The van der Waals surface area contributed by atoms with Gasteiger partial charge in [0.15, 0.2) is 11.6 Å². The predicted molar refractivity (Wildman–Crippen MR) is 111 cm³/mol. The Morgan fingerprint density at radius 2 is 1.94 bits per heavy atom. The molecule has 0 unspecified atom stereocenters. The zero-order valence-corrected chi connectivity index (χ0v) is 19.5. The summed E-state index contributed by atoms with van der Waals surface area (Å²) in [4.78, 5) is 43.0. The zero-order chi connectivity index (χ0) is 23.9. The fourth-order valence-electron chi connectivity index (χ4n) is 7.75. The van der Waals surface area contributed by atoms with Crippen molar-refractivity contribution in [3.63, 3.8) is 0 Å². The third-order valence-corrected chi connectivity index (χ3v) is 9.88. The van der Waals surface area contributed by atoms with Gasteiger partial charge in [0.2, 0.25) is 0 Å². The van der Waals surface area contributed by atoms with E-state index >= 15 is 4.39 Å². The van der Waals surface area contributed by atoms with E-state index in [-0.39, 0.29) is 18.6 Å². The number of phosphoric ester groups is 1. The van der Waals surface area contributed by atoms with Gasteiger partial charge in [-0.05, 0) is 50.0 Å². The number of hydrogen-bond donors (Lipinski definition) is 4. The Hall–Kier alpha value is -0.960. The summed E-state index contributed by atoms with van der Waals surface area (Å²) in [5, 5.41) is 22.9. The standard InChI is InChI=1S/C22H32FO8P/c1-12-8-16-15-5-4-13-9-14(24)6-7-19(13,2)21(15,23)17(25)10-20(16,3)22(12,27)18(26)11-31-32(28,29)30/h9,12,15-17,25,27H,4-8,10-11H2,1-3H3,(H2,28,29,30)/t12-,15+,16+,17-,19+,20+,21+,22+/m1/s1. The number of halogens is 1. The van der Waals surface area contributed by atoms with Gasteiger partial charge in [0.1, 0.15) is 17.9 Å². The number of carbonyl (C=O) groups is 2. The number of phosphoric acid groups is 1. The van der Waals surface area contributed by atoms with Gasteiger partial charge in [-0.2, -0.15) is 0 Å². The van der Waals surface area contributed by atoms with Gasteiger partial charge in [0.25, 0.3) is 0 Å². The largest absolute Gasteiger partial charge is 0.470 e. The first-order chi connectivity index (χ1) is 14.6. The highest BCUT2D eigenvalue weighted by Gasteiger charge is 2.75. The maximum Gasteiger partial charge on any atom is 0.470 e. The lowest BCUT2D eigenvalue weighted by Gasteiger charge is -2.63. The second-order valence-electron chi connectivity index (χ2n) is 10.7. The average molecular weight is 474 g/mol. The van der Waals surface area contributed by atoms with Crippen LogP contribution in [0.25, 0.3) is 0 Å². The van der Waals surface area contributed by atoms with E-state index in [1.807, 2.05) is 0 Å². The summed E-state index contributed by atoms with van der Waals surface area (Å²) in [6.07, 6.45) is 1.64. The van der Waals surface area contributed by atoms with Gasteiger partial charge in [-0.1, -0.05) is 26.3 Å². The molecular weight excluding hydrogens is 442 g/mol. The van der Waals surface area contributed by atoms with Crippen LogP contribution >= 0.6 is 7.82 Å². The fourth-order valence-corrected chi connectivity index (χ4v) is 8.04. The molecule has 32 heavy (non-hydrogen) atoms. The molecule has 0 aliphatic heterocycles. The first-order valence-corrected chi connectivity index (χ1v) is 12.7. The molecule has 4 aliphatic rings. The lowest BCUT2D eigenvalue weighted by Crippen LogP contribution is -2.69. The van der Waals surface area contributed by atoms with Crippen LogP contribution in [0.4, 0.5) is 4.39 Å². The number of hydrogen-bond acceptors (Lipinski definition) is 6. The van der Waals surface area contributed by atoms with Gasteiger partial charge in [-0.3, -0.25) is 14.1 Å². The molecule has 8 nitrogen and oxygen atoms in total. The van der Waals surface area contributed by atoms with E-state index < -0.39 is 66.2 Å². The van der Waals surface area contributed by atoms with E-state index in [1.165, 1.54) is 6.08 Å². The van der Waals surface area contributed by atoms with Crippen molar-refractivity contribution in [3.05, 3.63) is 11.6 Å². The van der Waals surface area contributed by atoms with E-state index in [0.717, 1.165) is 5.57 Å². The lowest BCUT2D eigenvalue weighted by atomic mass is 9.44. The summed E-state index contributed by atoms with van der Waals surface area (Å²) >= 11 is 0. The number of aliphatic hydroxyl groups excluding tert-OH is 1. The number of Topliss-reactive ketones (excluding diaryl/α,β-unsaturated/α-hetero) is 1. The number of fused-ring (bicyclic) bond motifs is 5. The molecule has 8 atom stereocenters. The molecule has 0 radical (unpaired) electrons. The molecule has 0 aromatic heterocycles. The van der Waals surface area contributed by atoms with Crippen molar-refractivity contribution >= 4 is 19.4 Å². The minimum atomic E-state index is -4.92. The van der Waals surface area contributed by atoms with Crippen molar-refractivity contribution in [2.24, 2.45) is 28.6 Å². The van der Waals surface area contributed by atoms with Crippen molar-refractivity contribution < 1.29 is 43.1 Å². The van der Waals surface area contributed by atoms with Crippen molar-refractivity contribution in [1.82, 2.24) is 0 Å². The number of allylic oxidation sites excluding steroid dienone is 1. The second kappa shape index (κ2) is 7.27. The molecule has 10 heteroatoms. The fraction of sp³-hybridized carbons (Fsp3) is 0.818. The quantitative estimate of drug-likeness (QED) is 0.455. The highest BCUT2D eigenvalue weighted by molar-refractivity contribution is 7.46. The minimum absolute atomic E-state index is 0.0332. The van der Waals surface area contributed by atoms with Gasteiger partial charge >= 0.3 is 7.82 Å². The minimum Gasteiger partial charge on any atom is -0.390 e.